The quantitative estimate of drug-likeness (QED) is 0.0414. The minimum atomic E-state index is -0.471. The van der Waals surface area contributed by atoms with Gasteiger partial charge in [-0.3, -0.25) is 10.1 Å². The van der Waals surface area contributed by atoms with Crippen LogP contribution in [0.1, 0.15) is 117 Å². The van der Waals surface area contributed by atoms with Gasteiger partial charge in [0.05, 0.1) is 22.4 Å². The van der Waals surface area contributed by atoms with Gasteiger partial charge in [-0.15, -0.1) is 10.2 Å². The van der Waals surface area contributed by atoms with Crippen molar-refractivity contribution < 1.29 is 133 Å². The van der Waals surface area contributed by atoms with Crippen molar-refractivity contribution in [2.45, 2.75) is 129 Å². The first-order valence-corrected chi connectivity index (χ1v) is 20.5. The first-order chi connectivity index (χ1) is 29.9. The molecule has 0 fully saturated rings. The predicted octanol–water partition coefficient (Wildman–Crippen LogP) is 12.5. The monoisotopic (exact) mass is 1360 g/mol. The number of thioether (sulfide) groups is 1. The van der Waals surface area contributed by atoms with Crippen LogP contribution < -0.4 is 5.73 Å². The molecule has 5 heterocycles. The van der Waals surface area contributed by atoms with Crippen LogP contribution in [0.3, 0.4) is 0 Å². The van der Waals surface area contributed by atoms with E-state index in [1.165, 1.54) is 23.9 Å². The van der Waals surface area contributed by atoms with E-state index in [1.54, 1.807) is 64.6 Å². The zero-order valence-electron chi connectivity index (χ0n) is 38.7. The Bertz CT molecular complexity index is 2480. The van der Waals surface area contributed by atoms with Crippen LogP contribution in [-0.2, 0) is 25.0 Å². The van der Waals surface area contributed by atoms with Crippen LogP contribution in [0.4, 0.5) is 29.0 Å². The zero-order chi connectivity index (χ0) is 46.6. The van der Waals surface area contributed by atoms with Gasteiger partial charge in [0.2, 0.25) is 5.89 Å². The Hall–Kier alpha value is -3.27. The Kier molecular flexibility index (Phi) is 42.5. The Morgan fingerprint density at radius 3 is 1.33 bits per heavy atom. The van der Waals surface area contributed by atoms with Crippen LogP contribution in [0, 0.1) is 162 Å². The van der Waals surface area contributed by atoms with Crippen molar-refractivity contribution in [3.8, 4) is 11.5 Å². The number of nitrogen functional groups attached to an aromatic ring is 1. The summed E-state index contributed by atoms with van der Waals surface area (Å²) in [4.78, 5) is 55.3. The van der Waals surface area contributed by atoms with Crippen molar-refractivity contribution in [2.75, 3.05) is 5.73 Å². The SMILES string of the molecule is C.C.C.C.CC([NH-])=Nc1nc(C)ncc1CSc1nnc(-c2ccc([N+](=O)[O-])cc2)o1.CCc1cnc(C)nc1N.CCc1cnc(C)nc1N=C(C)[NH-].CCc1cnc(C)nc1N=C(C)[NH-].[Pr].[Pr].[Pr]. The summed E-state index contributed by atoms with van der Waals surface area (Å²) >= 11 is 1.29. The number of rotatable bonds is 11. The molecule has 5 N–H and O–H groups in total. The van der Waals surface area contributed by atoms with Crippen LogP contribution >= 0.6 is 11.8 Å². The summed E-state index contributed by atoms with van der Waals surface area (Å²) in [6.07, 6.45) is 9.54. The number of hydrogen-bond acceptors (Lipinski definition) is 18. The number of non-ortho nitro benzene ring substituents is 1. The van der Waals surface area contributed by atoms with E-state index < -0.39 is 4.92 Å². The number of aliphatic imine (C=N–C) groups is 3. The van der Waals surface area contributed by atoms with Crippen LogP contribution in [0.2, 0.25) is 0 Å². The van der Waals surface area contributed by atoms with Gasteiger partial charge in [-0.2, -0.15) is 0 Å². The fourth-order valence-corrected chi connectivity index (χ4v) is 5.57. The Balaban J connectivity index is -0.000000281. The van der Waals surface area contributed by atoms with Crippen molar-refractivity contribution >= 4 is 58.2 Å². The van der Waals surface area contributed by atoms with Gasteiger partial charge in [-0.1, -0.05) is 79.7 Å². The number of hydrogen-bond donors (Lipinski definition) is 1. The van der Waals surface area contributed by atoms with E-state index in [-0.39, 0.29) is 183 Å². The number of nitrogens with two attached hydrogens (primary N) is 1. The second-order valence-corrected chi connectivity index (χ2v) is 14.2. The molecule has 0 amide bonds. The molecule has 6 aromatic rings. The van der Waals surface area contributed by atoms with E-state index >= 15 is 0 Å². The normalized spacial score (nSPS) is 10.2. The molecule has 0 aliphatic rings. The van der Waals surface area contributed by atoms with E-state index in [4.69, 9.17) is 27.4 Å². The molecule has 0 saturated carbocycles. The third-order valence-electron chi connectivity index (χ3n) is 7.95. The minimum absolute atomic E-state index is 0. The smallest absolute Gasteiger partial charge is 0.277 e. The molecule has 1 aromatic carbocycles. The number of nitrogens with zero attached hydrogens (tertiary/aromatic N) is 14. The van der Waals surface area contributed by atoms with Gasteiger partial charge in [-0.25, -0.2) is 39.9 Å². The Labute approximate surface area is 518 Å². The number of nitro benzene ring substituents is 1. The molecular formula is C45H67N18O3Pr3S-3. The van der Waals surface area contributed by atoms with E-state index in [0.29, 0.717) is 57.3 Å². The van der Waals surface area contributed by atoms with Crippen molar-refractivity contribution in [2.24, 2.45) is 15.0 Å². The number of amidine groups is 3. The Morgan fingerprint density at radius 2 is 0.971 bits per heavy atom. The standard InChI is InChI=1S/C16H14N7O3S.2C9H13N4.C7H11N3.4CH4.3Pr/c1-9(17)19-14-12(7-18-10(2)20-14)8-27-16-22-21-15(26-16)11-3-5-13(6-4-11)23(24)25;2*1-4-8-5-11-7(3)13-9(8)12-6(2)10;1-3-6-4-9-5(2)10-7(6)8;;;;;;;/h3-7H,8H2,1-2H3,(H-,17,18,19,20);2*5H,4H2,1-3H3,(H-,10,11,12,13);4H,3H2,1-2H3,(H2,8,9,10);4*1H4;;;/q3*-1;;;;;;;;. The maximum atomic E-state index is 10.7. The van der Waals surface area contributed by atoms with Crippen LogP contribution in [0.25, 0.3) is 28.7 Å². The van der Waals surface area contributed by atoms with Gasteiger partial charge >= 0.3 is 0 Å². The average Bonchev–Trinajstić information content (AvgIpc) is 3.70. The number of anilines is 1. The topological polar surface area (TPSA) is 320 Å². The maximum absolute atomic E-state index is 10.7. The van der Waals surface area contributed by atoms with Crippen LogP contribution in [0.5, 0.6) is 0 Å². The largest absolute Gasteiger partial charge is 0.486 e. The molecule has 70 heavy (non-hydrogen) atoms. The average molecular weight is 1360 g/mol. The van der Waals surface area contributed by atoms with Crippen molar-refractivity contribution in [1.82, 2.24) is 50.1 Å². The number of benzene rings is 1. The summed E-state index contributed by atoms with van der Waals surface area (Å²) < 4.78 is 5.59. The second kappa shape index (κ2) is 39.3. The Morgan fingerprint density at radius 1 is 0.614 bits per heavy atom. The number of aryl methyl sites for hydroxylation is 7. The minimum Gasteiger partial charge on any atom is -0.486 e. The van der Waals surface area contributed by atoms with E-state index in [2.05, 4.69) is 65.0 Å². The van der Waals surface area contributed by atoms with Gasteiger partial charge in [0.25, 0.3) is 10.9 Å². The molecule has 6 rings (SSSR count). The number of aromatic nitrogens is 10. The summed E-state index contributed by atoms with van der Waals surface area (Å²) in [5.74, 6) is 6.39. The fourth-order valence-electron chi connectivity index (χ4n) is 4.85. The number of nitro groups is 1. The van der Waals surface area contributed by atoms with Gasteiger partial charge in [0.15, 0.2) is 0 Å². The first kappa shape index (κ1) is 75.7. The van der Waals surface area contributed by atoms with Crippen LogP contribution in [-0.4, -0.2) is 72.5 Å². The molecule has 0 aliphatic heterocycles. The molecule has 0 unspecified atom stereocenters. The molecule has 0 bridgehead atoms. The second-order valence-electron chi connectivity index (χ2n) is 13.2. The van der Waals surface area contributed by atoms with E-state index in [0.717, 1.165) is 47.3 Å². The van der Waals surface area contributed by atoms with Gasteiger partial charge in [0.1, 0.15) is 29.1 Å². The zero-order valence-corrected chi connectivity index (χ0v) is 50.6. The number of nitrogens with one attached hydrogen (secondary N) is 3. The first-order valence-electron chi connectivity index (χ1n) is 19.5. The summed E-state index contributed by atoms with van der Waals surface area (Å²) in [5.41, 5.74) is 31.9. The third-order valence-corrected chi connectivity index (χ3v) is 8.82. The molecule has 0 saturated heterocycles. The molecule has 25 heteroatoms. The summed E-state index contributed by atoms with van der Waals surface area (Å²) in [6, 6.07) is 5.86. The maximum Gasteiger partial charge on any atom is 0.277 e. The molecule has 5 aromatic heterocycles. The van der Waals surface area contributed by atoms with Gasteiger partial charge < -0.3 is 42.3 Å². The molecule has 0 aliphatic carbocycles. The van der Waals surface area contributed by atoms with Crippen molar-refractivity contribution in [3.05, 3.63) is 122 Å². The summed E-state index contributed by atoms with van der Waals surface area (Å²) in [5, 5.41) is 19.0. The molecule has 0 atom stereocenters. The van der Waals surface area contributed by atoms with Crippen LogP contribution in [0.15, 0.2) is 73.7 Å². The molecule has 0 spiro atoms. The van der Waals surface area contributed by atoms with E-state index in [9.17, 15) is 10.1 Å². The summed E-state index contributed by atoms with van der Waals surface area (Å²) in [7, 11) is 0. The van der Waals surface area contributed by atoms with Crippen molar-refractivity contribution in [3.63, 3.8) is 0 Å². The molecular weight excluding hydrogens is 1300 g/mol. The van der Waals surface area contributed by atoms with Gasteiger partial charge in [-0.05, 0) is 91.0 Å². The summed E-state index contributed by atoms with van der Waals surface area (Å²) in [6.45, 7) is 18.1. The molecule has 21 nitrogen and oxygen atoms in total. The van der Waals surface area contributed by atoms with Gasteiger partial charge in [0, 0.05) is 183 Å². The molecule has 373 valence electrons. The molecule has 3 radical (unpaired) electrons. The third kappa shape index (κ3) is 27.0. The fraction of sp³-hybridized carbons (Fsp3) is 0.400. The predicted molar refractivity (Wildman–Crippen MR) is 274 cm³/mol. The van der Waals surface area contributed by atoms with E-state index in [1.807, 2.05) is 41.5 Å². The van der Waals surface area contributed by atoms with Crippen molar-refractivity contribution in [1.29, 1.82) is 0 Å².